The second-order valence-electron chi connectivity index (χ2n) is 12.1. The molecule has 1 amide bonds. The molecular formula is C36H36FNO9. The third kappa shape index (κ3) is 6.03. The van der Waals surface area contributed by atoms with Gasteiger partial charge in [0.05, 0.1) is 12.0 Å². The number of phenols is 1. The Morgan fingerprint density at radius 3 is 2.17 bits per heavy atom. The minimum Gasteiger partial charge on any atom is -0.508 e. The van der Waals surface area contributed by atoms with Crippen LogP contribution >= 0.6 is 0 Å². The molecule has 8 N–H and O–H groups in total. The Balaban J connectivity index is 1.29. The molecule has 9 atom stereocenters. The van der Waals surface area contributed by atoms with Crippen LogP contribution in [0.2, 0.25) is 0 Å². The van der Waals surface area contributed by atoms with E-state index >= 15 is 0 Å². The summed E-state index contributed by atoms with van der Waals surface area (Å²) in [4.78, 5) is 13.1. The van der Waals surface area contributed by atoms with Crippen molar-refractivity contribution in [2.75, 3.05) is 0 Å². The standard InChI is InChI=1S/C36H36FNO9/c37-24-12-9-19(10-13-24)27(39)16-15-26-34(45)38-36(26,23-7-2-1-3-8-23)25-14-11-21(18-28(25)40)20-5-4-6-22(17-20)29(41)33-31(43)30(42)32(44)35(46)47-33/h1-14,17-18,26-27,29-33,35,39-44,46H,15-16H2,(H,38,45)/t26-,27-,29+,30-,31-,32+,33+,35?,36-/m0/s1. The van der Waals surface area contributed by atoms with Gasteiger partial charge in [-0.05, 0) is 64.9 Å². The normalized spacial score (nSPS) is 28.6. The number of nitrogens with one attached hydrogen (secondary N) is 1. The molecule has 2 aliphatic heterocycles. The van der Waals surface area contributed by atoms with Crippen molar-refractivity contribution >= 4 is 5.91 Å². The highest BCUT2D eigenvalue weighted by atomic mass is 19.1. The average Bonchev–Trinajstić information content (AvgIpc) is 3.08. The quantitative estimate of drug-likeness (QED) is 0.127. The topological polar surface area (TPSA) is 180 Å². The van der Waals surface area contributed by atoms with Crippen molar-refractivity contribution in [1.82, 2.24) is 5.32 Å². The second kappa shape index (κ2) is 13.1. The fraction of sp³-hybridized carbons (Fsp3) is 0.306. The Hall–Kier alpha value is -4.20. The number of ether oxygens (including phenoxy) is 1. The highest BCUT2D eigenvalue weighted by molar-refractivity contribution is 5.91. The Bertz CT molecular complexity index is 1720. The molecule has 4 aromatic carbocycles. The van der Waals surface area contributed by atoms with Crippen molar-refractivity contribution in [3.05, 3.63) is 125 Å². The summed E-state index contributed by atoms with van der Waals surface area (Å²) in [6, 6.07) is 26.4. The monoisotopic (exact) mass is 645 g/mol. The summed E-state index contributed by atoms with van der Waals surface area (Å²) in [6.45, 7) is 0. The molecule has 0 spiro atoms. The summed E-state index contributed by atoms with van der Waals surface area (Å²) in [5, 5.41) is 76.5. The summed E-state index contributed by atoms with van der Waals surface area (Å²) in [5.41, 5.74) is 2.07. The molecule has 2 saturated heterocycles. The Kier molecular flexibility index (Phi) is 9.14. The molecule has 2 heterocycles. The van der Waals surface area contributed by atoms with Gasteiger partial charge in [-0.3, -0.25) is 4.79 Å². The molecule has 0 aromatic heterocycles. The van der Waals surface area contributed by atoms with Gasteiger partial charge in [-0.15, -0.1) is 0 Å². The van der Waals surface area contributed by atoms with Gasteiger partial charge in [-0.2, -0.15) is 0 Å². The number of hydrogen-bond donors (Lipinski definition) is 8. The van der Waals surface area contributed by atoms with Gasteiger partial charge >= 0.3 is 0 Å². The van der Waals surface area contributed by atoms with Crippen molar-refractivity contribution in [1.29, 1.82) is 0 Å². The van der Waals surface area contributed by atoms with Crippen molar-refractivity contribution in [3.8, 4) is 16.9 Å². The highest BCUT2D eigenvalue weighted by Crippen LogP contribution is 2.49. The van der Waals surface area contributed by atoms with Gasteiger partial charge in [-0.1, -0.05) is 72.8 Å². The molecule has 4 aromatic rings. The number of halogens is 1. The van der Waals surface area contributed by atoms with E-state index in [2.05, 4.69) is 5.32 Å². The zero-order valence-corrected chi connectivity index (χ0v) is 25.1. The second-order valence-corrected chi connectivity index (χ2v) is 12.1. The maximum absolute atomic E-state index is 13.4. The van der Waals surface area contributed by atoms with E-state index in [1.165, 1.54) is 30.3 Å². The van der Waals surface area contributed by atoms with E-state index in [-0.39, 0.29) is 30.1 Å². The van der Waals surface area contributed by atoms with Gasteiger partial charge < -0.3 is 45.8 Å². The van der Waals surface area contributed by atoms with Crippen molar-refractivity contribution < 1.29 is 49.7 Å². The fourth-order valence-electron chi connectivity index (χ4n) is 6.68. The minimum atomic E-state index is -1.81. The maximum Gasteiger partial charge on any atom is 0.227 e. The Labute approximate surface area is 270 Å². The van der Waals surface area contributed by atoms with Crippen LogP contribution in [0.4, 0.5) is 4.39 Å². The first-order chi connectivity index (χ1) is 22.5. The van der Waals surface area contributed by atoms with Gasteiger partial charge in [0.2, 0.25) is 5.91 Å². The van der Waals surface area contributed by atoms with Crippen molar-refractivity contribution in [3.63, 3.8) is 0 Å². The first-order valence-corrected chi connectivity index (χ1v) is 15.3. The van der Waals surface area contributed by atoms with E-state index in [0.29, 0.717) is 22.3 Å². The summed E-state index contributed by atoms with van der Waals surface area (Å²) in [6.07, 6.45) is -10.3. The minimum absolute atomic E-state index is 0.104. The molecule has 246 valence electrons. The van der Waals surface area contributed by atoms with E-state index in [0.717, 1.165) is 5.56 Å². The number of carbonyl (C=O) groups excluding carboxylic acids is 1. The van der Waals surface area contributed by atoms with Crippen LogP contribution in [0.1, 0.15) is 47.3 Å². The number of aromatic hydroxyl groups is 1. The van der Waals surface area contributed by atoms with Crippen molar-refractivity contribution in [2.24, 2.45) is 5.92 Å². The van der Waals surface area contributed by atoms with Crippen LogP contribution in [-0.2, 0) is 15.1 Å². The predicted octanol–water partition coefficient (Wildman–Crippen LogP) is 2.54. The number of phenolic OH excluding ortho intramolecular Hbond substituents is 1. The molecule has 1 unspecified atom stereocenters. The number of amides is 1. The third-order valence-corrected chi connectivity index (χ3v) is 9.29. The number of aliphatic hydroxyl groups is 6. The van der Waals surface area contributed by atoms with Crippen LogP contribution in [-0.4, -0.2) is 72.4 Å². The first kappa shape index (κ1) is 32.7. The van der Waals surface area contributed by atoms with Crippen LogP contribution in [0.5, 0.6) is 5.75 Å². The lowest BCUT2D eigenvalue weighted by atomic mass is 9.64. The number of β-lactam (4-membered cyclic amide) rings is 1. The highest BCUT2D eigenvalue weighted by Gasteiger charge is 2.56. The van der Waals surface area contributed by atoms with E-state index in [1.807, 2.05) is 30.3 Å². The Morgan fingerprint density at radius 2 is 1.49 bits per heavy atom. The number of carbonyl (C=O) groups is 1. The first-order valence-electron chi connectivity index (χ1n) is 15.3. The van der Waals surface area contributed by atoms with Crippen LogP contribution < -0.4 is 5.32 Å². The molecule has 11 heteroatoms. The van der Waals surface area contributed by atoms with Crippen LogP contribution in [0, 0.1) is 11.7 Å². The molecule has 6 rings (SSSR count). The molecule has 0 saturated carbocycles. The van der Waals surface area contributed by atoms with Gasteiger partial charge in [0.1, 0.15) is 47.6 Å². The van der Waals surface area contributed by atoms with E-state index in [1.54, 1.807) is 36.4 Å². The Morgan fingerprint density at radius 1 is 0.787 bits per heavy atom. The lowest BCUT2D eigenvalue weighted by molar-refractivity contribution is -0.297. The molecular weight excluding hydrogens is 609 g/mol. The lowest BCUT2D eigenvalue weighted by Crippen LogP contribution is -2.67. The number of hydrogen-bond acceptors (Lipinski definition) is 9. The van der Waals surface area contributed by atoms with Gasteiger partial charge in [0, 0.05) is 5.56 Å². The van der Waals surface area contributed by atoms with Gasteiger partial charge in [0.25, 0.3) is 0 Å². The molecule has 0 bridgehead atoms. The van der Waals surface area contributed by atoms with Crippen LogP contribution in [0.15, 0.2) is 97.1 Å². The summed E-state index contributed by atoms with van der Waals surface area (Å²) in [5.74, 6) is -1.39. The largest absolute Gasteiger partial charge is 0.508 e. The molecule has 47 heavy (non-hydrogen) atoms. The predicted molar refractivity (Wildman–Crippen MR) is 167 cm³/mol. The number of aliphatic hydroxyl groups excluding tert-OH is 6. The van der Waals surface area contributed by atoms with Gasteiger partial charge in [0.15, 0.2) is 6.29 Å². The van der Waals surface area contributed by atoms with Gasteiger partial charge in [-0.25, -0.2) is 4.39 Å². The third-order valence-electron chi connectivity index (χ3n) is 9.29. The molecule has 0 aliphatic carbocycles. The smallest absolute Gasteiger partial charge is 0.227 e. The molecule has 2 fully saturated rings. The SMILES string of the molecule is O=C1N[C@@](c2ccccc2)(c2ccc(-c3cccc([C@@H](O)[C@H]4OC(O)[C@H](O)[C@@H](O)[C@@H]4O)c3)cc2O)[C@H]1CC[C@H](O)c1ccc(F)cc1. The summed E-state index contributed by atoms with van der Waals surface area (Å²) >= 11 is 0. The number of rotatable bonds is 9. The van der Waals surface area contributed by atoms with E-state index < -0.39 is 60.2 Å². The maximum atomic E-state index is 13.4. The zero-order valence-electron chi connectivity index (χ0n) is 25.1. The fourth-order valence-corrected chi connectivity index (χ4v) is 6.68. The molecule has 2 aliphatic rings. The molecule has 10 nitrogen and oxygen atoms in total. The summed E-state index contributed by atoms with van der Waals surface area (Å²) in [7, 11) is 0. The summed E-state index contributed by atoms with van der Waals surface area (Å²) < 4.78 is 18.6. The zero-order chi connectivity index (χ0) is 33.5. The lowest BCUT2D eigenvalue weighted by Gasteiger charge is -2.50. The van der Waals surface area contributed by atoms with E-state index in [9.17, 15) is 44.9 Å². The van der Waals surface area contributed by atoms with Crippen LogP contribution in [0.3, 0.4) is 0 Å². The van der Waals surface area contributed by atoms with Crippen molar-refractivity contribution in [2.45, 2.75) is 61.3 Å². The number of benzene rings is 4. The average molecular weight is 646 g/mol. The van der Waals surface area contributed by atoms with E-state index in [4.69, 9.17) is 4.74 Å². The molecule has 0 radical (unpaired) electrons. The van der Waals surface area contributed by atoms with Crippen LogP contribution in [0.25, 0.3) is 11.1 Å².